The molecule has 1 aliphatic heterocycles. The van der Waals surface area contributed by atoms with Crippen LogP contribution < -0.4 is 10.6 Å². The summed E-state index contributed by atoms with van der Waals surface area (Å²) in [5.41, 5.74) is 2.55. The van der Waals surface area contributed by atoms with Gasteiger partial charge in [0.25, 0.3) is 0 Å². The highest BCUT2D eigenvalue weighted by Gasteiger charge is 2.13. The fourth-order valence-corrected chi connectivity index (χ4v) is 3.71. The number of hydrogen-bond donors (Lipinski definition) is 2. The van der Waals surface area contributed by atoms with Gasteiger partial charge in [0, 0.05) is 20.7 Å². The molecule has 4 rings (SSSR count). The van der Waals surface area contributed by atoms with Crippen LogP contribution in [0.3, 0.4) is 0 Å². The molecule has 124 valence electrons. The van der Waals surface area contributed by atoms with Crippen molar-refractivity contribution >= 4 is 55.8 Å². The van der Waals surface area contributed by atoms with Gasteiger partial charge in [0.05, 0.1) is 16.8 Å². The van der Waals surface area contributed by atoms with Gasteiger partial charge in [0.2, 0.25) is 0 Å². The summed E-state index contributed by atoms with van der Waals surface area (Å²) >= 11 is 5.02. The molecule has 1 aliphatic rings. The number of benzene rings is 2. The lowest BCUT2D eigenvalue weighted by atomic mass is 10.2. The van der Waals surface area contributed by atoms with Gasteiger partial charge in [-0.05, 0) is 30.3 Å². The molecule has 0 saturated heterocycles. The van der Waals surface area contributed by atoms with E-state index < -0.39 is 0 Å². The number of halogens is 2. The molecule has 24 heavy (non-hydrogen) atoms. The van der Waals surface area contributed by atoms with Crippen LogP contribution in [0.25, 0.3) is 10.9 Å². The first kappa shape index (κ1) is 17.0. The Balaban J connectivity index is 0.000000815. The van der Waals surface area contributed by atoms with E-state index in [0.29, 0.717) is 21.2 Å². The fraction of sp³-hybridized carbons (Fsp3) is 0.176. The van der Waals surface area contributed by atoms with E-state index >= 15 is 0 Å². The Morgan fingerprint density at radius 1 is 1.21 bits per heavy atom. The molecule has 4 nitrogen and oxygen atoms in total. The molecule has 2 aromatic carbocycles. The van der Waals surface area contributed by atoms with Crippen molar-refractivity contribution < 1.29 is 4.39 Å². The van der Waals surface area contributed by atoms with Crippen molar-refractivity contribution in [3.63, 3.8) is 0 Å². The number of fused-ring (bicyclic) bond motifs is 2. The quantitative estimate of drug-likeness (QED) is 0.564. The van der Waals surface area contributed by atoms with Gasteiger partial charge < -0.3 is 10.6 Å². The van der Waals surface area contributed by atoms with E-state index in [2.05, 4.69) is 36.5 Å². The van der Waals surface area contributed by atoms with Crippen LogP contribution in [0.2, 0.25) is 0 Å². The lowest BCUT2D eigenvalue weighted by Crippen LogP contribution is -1.98. The van der Waals surface area contributed by atoms with E-state index in [-0.39, 0.29) is 5.82 Å². The van der Waals surface area contributed by atoms with Crippen LogP contribution in [0.5, 0.6) is 0 Å². The number of nitrogens with one attached hydrogen (secondary N) is 2. The van der Waals surface area contributed by atoms with Crippen molar-refractivity contribution in [2.24, 2.45) is 0 Å². The standard InChI is InChI=1S/C15H10BrFN4S.C2H6/c16-8-3-10(17)14-12(4-8)18-6-19-15(14)21-9-1-2-11-13(5-9)22-7-20-11;1-2/h1-6,20H,7H2,(H,18,19,21);1-2H3. The monoisotopic (exact) mass is 406 g/mol. The minimum atomic E-state index is -0.357. The minimum absolute atomic E-state index is 0.357. The van der Waals surface area contributed by atoms with Gasteiger partial charge in [-0.25, -0.2) is 14.4 Å². The molecule has 2 N–H and O–H groups in total. The van der Waals surface area contributed by atoms with E-state index in [0.717, 1.165) is 17.3 Å². The van der Waals surface area contributed by atoms with Crippen LogP contribution >= 0.6 is 27.7 Å². The summed E-state index contributed by atoms with van der Waals surface area (Å²) in [5.74, 6) is 0.980. The molecule has 7 heteroatoms. The zero-order valence-electron chi connectivity index (χ0n) is 13.2. The van der Waals surface area contributed by atoms with Gasteiger partial charge in [-0.3, -0.25) is 0 Å². The molecular weight excluding hydrogens is 391 g/mol. The third-order valence-corrected chi connectivity index (χ3v) is 4.78. The molecule has 0 aliphatic carbocycles. The van der Waals surface area contributed by atoms with Crippen molar-refractivity contribution in [2.75, 3.05) is 16.5 Å². The highest BCUT2D eigenvalue weighted by molar-refractivity contribution is 9.10. The van der Waals surface area contributed by atoms with Gasteiger partial charge in [0.15, 0.2) is 0 Å². The smallest absolute Gasteiger partial charge is 0.144 e. The SMILES string of the molecule is CC.Fc1cc(Br)cc2ncnc(Nc3ccc4c(c3)SCN4)c12. The Kier molecular flexibility index (Phi) is 5.20. The number of hydrogen-bond acceptors (Lipinski definition) is 5. The van der Waals surface area contributed by atoms with Crippen molar-refractivity contribution in [3.8, 4) is 0 Å². The Labute approximate surface area is 152 Å². The van der Waals surface area contributed by atoms with Crippen molar-refractivity contribution in [3.05, 3.63) is 46.9 Å². The fourth-order valence-electron chi connectivity index (χ4n) is 2.40. The van der Waals surface area contributed by atoms with E-state index in [9.17, 15) is 4.39 Å². The predicted octanol–water partition coefficient (Wildman–Crippen LogP) is 5.78. The first-order valence-corrected chi connectivity index (χ1v) is 9.36. The normalized spacial score (nSPS) is 12.2. The summed E-state index contributed by atoms with van der Waals surface area (Å²) in [4.78, 5) is 9.49. The molecule has 0 amide bonds. The van der Waals surface area contributed by atoms with Gasteiger partial charge in [-0.15, -0.1) is 11.8 Å². The maximum absolute atomic E-state index is 14.3. The van der Waals surface area contributed by atoms with Crippen molar-refractivity contribution in [1.29, 1.82) is 0 Å². The first-order valence-electron chi connectivity index (χ1n) is 7.58. The average molecular weight is 407 g/mol. The summed E-state index contributed by atoms with van der Waals surface area (Å²) in [6.07, 6.45) is 1.43. The molecule has 2 heterocycles. The second kappa shape index (κ2) is 7.36. The van der Waals surface area contributed by atoms with Gasteiger partial charge >= 0.3 is 0 Å². The van der Waals surface area contributed by atoms with Crippen LogP contribution in [-0.2, 0) is 0 Å². The van der Waals surface area contributed by atoms with Crippen molar-refractivity contribution in [2.45, 2.75) is 18.7 Å². The molecule has 3 aromatic rings. The zero-order chi connectivity index (χ0) is 17.1. The number of nitrogens with zero attached hydrogens (tertiary/aromatic N) is 2. The van der Waals surface area contributed by atoms with Crippen LogP contribution in [0.4, 0.5) is 21.6 Å². The summed E-state index contributed by atoms with van der Waals surface area (Å²) in [6, 6.07) is 9.17. The Morgan fingerprint density at radius 2 is 2.04 bits per heavy atom. The van der Waals surface area contributed by atoms with Gasteiger partial charge in [0.1, 0.15) is 18.0 Å². The van der Waals surface area contributed by atoms with E-state index in [4.69, 9.17) is 0 Å². The van der Waals surface area contributed by atoms with E-state index in [1.54, 1.807) is 17.8 Å². The molecule has 0 saturated carbocycles. The number of aromatic nitrogens is 2. The van der Waals surface area contributed by atoms with Crippen molar-refractivity contribution in [1.82, 2.24) is 9.97 Å². The predicted molar refractivity (Wildman–Crippen MR) is 103 cm³/mol. The average Bonchev–Trinajstić information content (AvgIpc) is 3.04. The highest BCUT2D eigenvalue weighted by atomic mass is 79.9. The Hall–Kier alpha value is -1.86. The van der Waals surface area contributed by atoms with E-state index in [1.807, 2.05) is 32.0 Å². The Morgan fingerprint density at radius 3 is 2.88 bits per heavy atom. The Bertz CT molecular complexity index is 888. The molecule has 1 aromatic heterocycles. The van der Waals surface area contributed by atoms with Crippen LogP contribution in [0.15, 0.2) is 46.0 Å². The zero-order valence-corrected chi connectivity index (χ0v) is 15.6. The lowest BCUT2D eigenvalue weighted by molar-refractivity contribution is 0.638. The molecule has 0 bridgehead atoms. The summed E-state index contributed by atoms with van der Waals surface area (Å²) in [6.45, 7) is 4.00. The van der Waals surface area contributed by atoms with Gasteiger partial charge in [-0.1, -0.05) is 29.8 Å². The molecule has 0 spiro atoms. The molecule has 0 atom stereocenters. The highest BCUT2D eigenvalue weighted by Crippen LogP contribution is 2.36. The third-order valence-electron chi connectivity index (χ3n) is 3.39. The van der Waals surface area contributed by atoms with E-state index in [1.165, 1.54) is 17.3 Å². The lowest BCUT2D eigenvalue weighted by Gasteiger charge is -2.10. The summed E-state index contributed by atoms with van der Waals surface area (Å²) in [7, 11) is 0. The van der Waals surface area contributed by atoms with Crippen LogP contribution in [-0.4, -0.2) is 15.8 Å². The first-order chi connectivity index (χ1) is 11.7. The second-order valence-corrected chi connectivity index (χ2v) is 6.74. The summed E-state index contributed by atoms with van der Waals surface area (Å²) in [5, 5.41) is 6.86. The molecule has 0 unspecified atom stereocenters. The number of anilines is 3. The van der Waals surface area contributed by atoms with Crippen LogP contribution in [0, 0.1) is 5.82 Å². The van der Waals surface area contributed by atoms with Gasteiger partial charge in [-0.2, -0.15) is 0 Å². The third kappa shape index (κ3) is 3.32. The molecule has 0 fully saturated rings. The minimum Gasteiger partial charge on any atom is -0.375 e. The maximum Gasteiger partial charge on any atom is 0.144 e. The number of rotatable bonds is 2. The number of thioether (sulfide) groups is 1. The topological polar surface area (TPSA) is 49.8 Å². The largest absolute Gasteiger partial charge is 0.375 e. The summed E-state index contributed by atoms with van der Waals surface area (Å²) < 4.78 is 14.9. The maximum atomic E-state index is 14.3. The molecular formula is C17H16BrFN4S. The van der Waals surface area contributed by atoms with Crippen LogP contribution in [0.1, 0.15) is 13.8 Å². The second-order valence-electron chi connectivity index (χ2n) is 4.81. The molecule has 0 radical (unpaired) electrons.